The first-order valence-electron chi connectivity index (χ1n) is 15.4. The Labute approximate surface area is 637 Å². The van der Waals surface area contributed by atoms with Gasteiger partial charge in [0.15, 0.2) is 0 Å². The SMILES string of the molecule is CC(C)C(=O)O.CC(C)C(=O)O.CC(C)C(=O)O.CC(C)C(=O)O.CC(C)C(=O)O.CC(C)C(=O)O.CC(C)C(=O)O.COC(=O)C(C)C.O.O.O.O.O.O.O.O.O.O.O.[CH3-].[CH3-].[CH3-].[CH3-].[CH3-].[CH3-].[CH3-].[CH3-].[CH3-].[CH3-].[CH3-].[CH3-].[CH3-].[CH3-].[CH3-].[CH3-].[CH3-].[CH3-].[CH3-].[CH3-].[CH3-].[CH3-].[Cr+3].[Cr+3].[Cr+3].[Cr+4].[Cr+4].[Cr+4].[Cr+4].[OH3+]. The molecule has 0 heterocycles. The molecule has 583 valence electrons. The van der Waals surface area contributed by atoms with Gasteiger partial charge in [0.2, 0.25) is 0 Å². The summed E-state index contributed by atoms with van der Waals surface area (Å²) in [7, 11) is 1.39. The van der Waals surface area contributed by atoms with Crippen LogP contribution < -0.4 is 0 Å². The summed E-state index contributed by atoms with van der Waals surface area (Å²) in [6.45, 7) is 26.6. The fourth-order valence-corrected chi connectivity index (χ4v) is 0.236. The molecule has 0 aliphatic rings. The molecule has 0 bridgehead atoms. The van der Waals surface area contributed by atoms with Gasteiger partial charge in [0, 0.05) is 0 Å². The van der Waals surface area contributed by atoms with Crippen molar-refractivity contribution in [2.45, 2.75) is 111 Å². The maximum Gasteiger partial charge on any atom is 4.00 e. The fourth-order valence-electron chi connectivity index (χ4n) is 0.236. The van der Waals surface area contributed by atoms with E-state index in [-0.39, 0.29) is 404 Å². The van der Waals surface area contributed by atoms with E-state index in [1.807, 2.05) is 0 Å². The molecule has 0 aliphatic heterocycles. The monoisotopic (exact) mass is 1630 g/mol. The Morgan fingerprint density at radius 2 is 0.256 bits per heavy atom. The normalized spacial score (nSPS) is 4.99. The van der Waals surface area contributed by atoms with Gasteiger partial charge in [-0.05, 0) is 0 Å². The van der Waals surface area contributed by atoms with E-state index in [9.17, 15) is 38.4 Å². The summed E-state index contributed by atoms with van der Waals surface area (Å²) in [6.07, 6.45) is 0. The topological polar surface area (TPSA) is 667 Å². The molecule has 32 N–H and O–H groups in total. The van der Waals surface area contributed by atoms with E-state index in [0.29, 0.717) is 0 Å². The largest absolute Gasteiger partial charge is 4.00 e. The third kappa shape index (κ3) is 591. The van der Waals surface area contributed by atoms with Gasteiger partial charge in [-0.25, -0.2) is 0 Å². The molecule has 0 aromatic heterocycles. The molecular weight excluding hydrogens is 1470 g/mol. The van der Waals surface area contributed by atoms with Crippen molar-refractivity contribution in [3.63, 3.8) is 0 Å². The van der Waals surface area contributed by atoms with Crippen LogP contribution >= 0.6 is 0 Å². The Morgan fingerprint density at radius 3 is 0.256 bits per heavy atom. The summed E-state index contributed by atoms with van der Waals surface area (Å²) in [5.74, 6) is -6.95. The summed E-state index contributed by atoms with van der Waals surface area (Å²) in [5.41, 5.74) is 0. The first-order chi connectivity index (χ1) is 21.7. The van der Waals surface area contributed by atoms with Gasteiger partial charge >= 0.3 is 169 Å². The molecule has 0 aromatic carbocycles. The smallest absolute Gasteiger partial charge is 0.481 e. The van der Waals surface area contributed by atoms with Gasteiger partial charge < -0.3 is 270 Å². The third-order valence-electron chi connectivity index (χ3n) is 4.13. The molecule has 0 spiro atoms. The van der Waals surface area contributed by atoms with Gasteiger partial charge in [-0.1, -0.05) is 111 Å². The molecule has 35 heteroatoms. The van der Waals surface area contributed by atoms with Crippen molar-refractivity contribution in [2.24, 2.45) is 47.3 Å². The number of ether oxygens (including phenoxy) is 1. The quantitative estimate of drug-likeness (QED) is 0.0857. The average molecular weight is 1630 g/mol. The van der Waals surface area contributed by atoms with E-state index in [1.165, 1.54) is 7.11 Å². The molecule has 90 heavy (non-hydrogen) atoms. The van der Waals surface area contributed by atoms with Gasteiger partial charge in [-0.15, -0.1) is 0 Å². The first-order valence-corrected chi connectivity index (χ1v) is 15.4. The van der Waals surface area contributed by atoms with E-state index >= 15 is 0 Å². The molecular formula is C55H157Cr7O28+4. The molecule has 0 atom stereocenters. The van der Waals surface area contributed by atoms with E-state index in [1.54, 1.807) is 111 Å². The Balaban J connectivity index is -0.00000000427. The minimum absolute atomic E-state index is 0. The maximum absolute atomic E-state index is 10.3. The molecule has 3 radical (unpaired) electrons. The number of carbonyl (C=O) groups is 8. The minimum atomic E-state index is -0.741. The summed E-state index contributed by atoms with van der Waals surface area (Å²) < 4.78 is 4.37. The van der Waals surface area contributed by atoms with Crippen molar-refractivity contribution >= 4 is 47.8 Å². The molecule has 0 saturated carbocycles. The second kappa shape index (κ2) is 289. The zero-order valence-corrected chi connectivity index (χ0v) is 72.3. The molecule has 0 aliphatic carbocycles. The van der Waals surface area contributed by atoms with Crippen LogP contribution in [0.15, 0.2) is 0 Å². The number of carboxylic acids is 7. The van der Waals surface area contributed by atoms with Crippen molar-refractivity contribution in [3.8, 4) is 0 Å². The predicted octanol–water partition coefficient (Wildman–Crippen LogP) is 5.80. The number of carbonyl (C=O) groups excluding carboxylic acids is 1. The number of aliphatic carboxylic acids is 7. The van der Waals surface area contributed by atoms with Crippen LogP contribution in [0.5, 0.6) is 0 Å². The molecule has 0 rings (SSSR count). The van der Waals surface area contributed by atoms with Gasteiger partial charge in [0.25, 0.3) is 0 Å². The minimum Gasteiger partial charge on any atom is -0.481 e. The van der Waals surface area contributed by atoms with Crippen molar-refractivity contribution < 1.29 is 266 Å². The van der Waals surface area contributed by atoms with E-state index < -0.39 is 41.8 Å². The number of rotatable bonds is 8. The summed E-state index contributed by atoms with van der Waals surface area (Å²) in [6, 6.07) is 0. The van der Waals surface area contributed by atoms with Crippen LogP contribution in [0.25, 0.3) is 0 Å². The second-order valence-electron chi connectivity index (χ2n) is 12.1. The zero-order chi connectivity index (χ0) is 41.9. The van der Waals surface area contributed by atoms with Gasteiger partial charge in [0.1, 0.15) is 0 Å². The summed E-state index contributed by atoms with van der Waals surface area (Å²) in [5, 5.41) is 55.9. The number of methoxy groups -OCH3 is 1. The second-order valence-corrected chi connectivity index (χ2v) is 12.1. The fraction of sp³-hybridized carbons (Fsp3) is 0.455. The van der Waals surface area contributed by atoms with Crippen molar-refractivity contribution in [1.29, 1.82) is 0 Å². The van der Waals surface area contributed by atoms with Crippen LogP contribution in [-0.4, -0.2) is 151 Å². The first kappa shape index (κ1) is 431. The van der Waals surface area contributed by atoms with Crippen molar-refractivity contribution in [3.05, 3.63) is 163 Å². The number of esters is 1. The van der Waals surface area contributed by atoms with Crippen LogP contribution in [0.4, 0.5) is 0 Å². The standard InChI is InChI=1S/C5H10O2.7C4H8O2.22CH3.7Cr.12H2O/c1-4(2)5(6)7-3;7*1-3(2)4(5)6;;;;;;;;;;;;;;;;;;;;;;;;;;;;;;;;;;;;;;;;;/h4H,1-3H3;7*3H,1-2H3,(H,5,6);22*1H3;;;;;;;;12*1H2/q;;;;;;;;22*-1;3*+3;4*+4;;;;;;;;;;;;/p+1. The van der Waals surface area contributed by atoms with Crippen molar-refractivity contribution in [1.82, 2.24) is 0 Å². The number of hydrogen-bond donors (Lipinski definition) is 7. The molecule has 0 saturated heterocycles. The molecule has 28 nitrogen and oxygen atoms in total. The Kier molecular flexibility index (Phi) is 1380. The van der Waals surface area contributed by atoms with E-state index in [0.717, 1.165) is 0 Å². The Bertz CT molecular complexity index is 791. The molecule has 0 fully saturated rings. The van der Waals surface area contributed by atoms with Gasteiger partial charge in [-0.2, -0.15) is 0 Å². The van der Waals surface area contributed by atoms with Crippen molar-refractivity contribution in [2.75, 3.05) is 7.11 Å². The van der Waals surface area contributed by atoms with E-state index in [2.05, 4.69) is 4.74 Å². The van der Waals surface area contributed by atoms with Crippen LogP contribution in [0.3, 0.4) is 0 Å². The molecule has 0 aromatic rings. The third-order valence-corrected chi connectivity index (χ3v) is 4.13. The molecule has 0 amide bonds. The van der Waals surface area contributed by atoms with Crippen LogP contribution in [0.1, 0.15) is 111 Å². The van der Waals surface area contributed by atoms with E-state index in [4.69, 9.17) is 35.7 Å². The maximum atomic E-state index is 10.3. The summed E-state index contributed by atoms with van der Waals surface area (Å²) >= 11 is 0. The Hall–Kier alpha value is -0.993. The van der Waals surface area contributed by atoms with Crippen LogP contribution in [-0.2, 0) is 170 Å². The number of hydrogen-bond acceptors (Lipinski definition) is 9. The van der Waals surface area contributed by atoms with Gasteiger partial charge in [0.05, 0.1) is 54.5 Å². The molecule has 0 unspecified atom stereocenters. The van der Waals surface area contributed by atoms with Gasteiger partial charge in [-0.3, -0.25) is 38.4 Å². The van der Waals surface area contributed by atoms with Crippen LogP contribution in [0, 0.1) is 211 Å². The average Bonchev–Trinajstić information content (AvgIpc) is 2.94. The Morgan fingerprint density at radius 1 is 0.211 bits per heavy atom. The summed E-state index contributed by atoms with van der Waals surface area (Å²) in [4.78, 5) is 78.2. The number of carboxylic acid groups (broad SMARTS) is 7. The predicted molar refractivity (Wildman–Crippen MR) is 370 cm³/mol. The zero-order valence-electron chi connectivity index (χ0n) is 63.4. The van der Waals surface area contributed by atoms with Crippen LogP contribution in [0.2, 0.25) is 0 Å².